The normalized spacial score (nSPS) is 10.2. The Morgan fingerprint density at radius 3 is 3.08 bits per heavy atom. The van der Waals surface area contributed by atoms with Gasteiger partial charge in [0.05, 0.1) is 30.0 Å². The molecule has 0 saturated heterocycles. The molecule has 0 fully saturated rings. The first-order chi connectivity index (χ1) is 6.33. The molecule has 4 heteroatoms. The third-order valence-electron chi connectivity index (χ3n) is 1.89. The van der Waals surface area contributed by atoms with Crippen LogP contribution < -0.4 is 0 Å². The lowest BCUT2D eigenvalue weighted by Gasteiger charge is -1.97. The summed E-state index contributed by atoms with van der Waals surface area (Å²) in [6.07, 6.45) is 5.48. The minimum absolute atomic E-state index is 0.573. The lowest BCUT2D eigenvalue weighted by molar-refractivity contribution is 0.112. The SMILES string of the molecule is Cn1ncc(C=O)c1-c1ccoc1. The fourth-order valence-electron chi connectivity index (χ4n) is 1.29. The Hall–Kier alpha value is -1.84. The summed E-state index contributed by atoms with van der Waals surface area (Å²) in [5.74, 6) is 0. The van der Waals surface area contributed by atoms with Gasteiger partial charge in [-0.05, 0) is 6.07 Å². The van der Waals surface area contributed by atoms with E-state index >= 15 is 0 Å². The Morgan fingerprint density at radius 2 is 2.46 bits per heavy atom. The summed E-state index contributed by atoms with van der Waals surface area (Å²) in [6, 6.07) is 1.80. The van der Waals surface area contributed by atoms with Gasteiger partial charge in [-0.15, -0.1) is 0 Å². The van der Waals surface area contributed by atoms with Crippen molar-refractivity contribution in [3.63, 3.8) is 0 Å². The highest BCUT2D eigenvalue weighted by Gasteiger charge is 2.10. The molecule has 66 valence electrons. The zero-order chi connectivity index (χ0) is 9.26. The molecule has 0 aliphatic rings. The zero-order valence-corrected chi connectivity index (χ0v) is 7.10. The highest BCUT2D eigenvalue weighted by molar-refractivity contribution is 5.85. The zero-order valence-electron chi connectivity index (χ0n) is 7.10. The summed E-state index contributed by atoms with van der Waals surface area (Å²) in [5, 5.41) is 3.99. The first-order valence-corrected chi connectivity index (χ1v) is 3.82. The number of carbonyl (C=O) groups is 1. The van der Waals surface area contributed by atoms with Crippen molar-refractivity contribution in [2.45, 2.75) is 0 Å². The molecule has 2 aromatic heterocycles. The van der Waals surface area contributed by atoms with Crippen LogP contribution in [-0.2, 0) is 7.05 Å². The van der Waals surface area contributed by atoms with E-state index in [-0.39, 0.29) is 0 Å². The molecule has 0 aliphatic carbocycles. The van der Waals surface area contributed by atoms with Gasteiger partial charge in [-0.25, -0.2) is 0 Å². The molecule has 2 rings (SSSR count). The molecule has 0 radical (unpaired) electrons. The largest absolute Gasteiger partial charge is 0.472 e. The molecule has 2 heterocycles. The Balaban J connectivity index is 2.62. The average molecular weight is 176 g/mol. The molecule has 2 aromatic rings. The number of hydrogen-bond acceptors (Lipinski definition) is 3. The van der Waals surface area contributed by atoms with Crippen molar-refractivity contribution in [1.82, 2.24) is 9.78 Å². The number of furan rings is 1. The summed E-state index contributed by atoms with van der Waals surface area (Å²) >= 11 is 0. The predicted octanol–water partition coefficient (Wildman–Crippen LogP) is 1.49. The number of aldehydes is 1. The van der Waals surface area contributed by atoms with Crippen LogP contribution >= 0.6 is 0 Å². The fourth-order valence-corrected chi connectivity index (χ4v) is 1.29. The molecule has 0 amide bonds. The summed E-state index contributed by atoms with van der Waals surface area (Å²) < 4.78 is 6.58. The Labute approximate surface area is 74.8 Å². The number of rotatable bonds is 2. The van der Waals surface area contributed by atoms with Gasteiger partial charge in [-0.1, -0.05) is 0 Å². The molecule has 0 saturated carbocycles. The maximum Gasteiger partial charge on any atom is 0.153 e. The smallest absolute Gasteiger partial charge is 0.153 e. The van der Waals surface area contributed by atoms with Crippen molar-refractivity contribution in [1.29, 1.82) is 0 Å². The van der Waals surface area contributed by atoms with E-state index in [1.807, 2.05) is 0 Å². The summed E-state index contributed by atoms with van der Waals surface area (Å²) in [4.78, 5) is 10.7. The first-order valence-electron chi connectivity index (χ1n) is 3.82. The van der Waals surface area contributed by atoms with Crippen molar-refractivity contribution >= 4 is 6.29 Å². The molecular formula is C9H8N2O2. The van der Waals surface area contributed by atoms with E-state index in [1.54, 1.807) is 30.3 Å². The minimum atomic E-state index is 0.573. The van der Waals surface area contributed by atoms with E-state index in [2.05, 4.69) is 5.10 Å². The van der Waals surface area contributed by atoms with Gasteiger partial charge >= 0.3 is 0 Å². The standard InChI is InChI=1S/C9H8N2O2/c1-11-9(7-2-3-13-6-7)8(5-12)4-10-11/h2-6H,1H3. The summed E-state index contributed by atoms with van der Waals surface area (Å²) in [7, 11) is 1.79. The van der Waals surface area contributed by atoms with Gasteiger partial charge in [0, 0.05) is 12.6 Å². The van der Waals surface area contributed by atoms with E-state index in [0.29, 0.717) is 5.56 Å². The van der Waals surface area contributed by atoms with Crippen molar-refractivity contribution in [3.8, 4) is 11.3 Å². The van der Waals surface area contributed by atoms with Crippen molar-refractivity contribution in [2.75, 3.05) is 0 Å². The van der Waals surface area contributed by atoms with Crippen molar-refractivity contribution in [3.05, 3.63) is 30.4 Å². The number of hydrogen-bond donors (Lipinski definition) is 0. The summed E-state index contributed by atoms with van der Waals surface area (Å²) in [5.41, 5.74) is 2.22. The molecular weight excluding hydrogens is 168 g/mol. The van der Waals surface area contributed by atoms with Crippen molar-refractivity contribution in [2.24, 2.45) is 7.05 Å². The molecule has 13 heavy (non-hydrogen) atoms. The van der Waals surface area contributed by atoms with Gasteiger partial charge < -0.3 is 4.42 Å². The number of carbonyl (C=O) groups excluding carboxylic acids is 1. The van der Waals surface area contributed by atoms with E-state index in [1.165, 1.54) is 6.20 Å². The fraction of sp³-hybridized carbons (Fsp3) is 0.111. The second-order valence-corrected chi connectivity index (χ2v) is 2.70. The van der Waals surface area contributed by atoms with Gasteiger partial charge in [0.15, 0.2) is 6.29 Å². The molecule has 0 aromatic carbocycles. The minimum Gasteiger partial charge on any atom is -0.472 e. The molecule has 0 N–H and O–H groups in total. The Kier molecular flexibility index (Phi) is 1.73. The second kappa shape index (κ2) is 2.90. The van der Waals surface area contributed by atoms with Gasteiger partial charge in [-0.3, -0.25) is 9.48 Å². The molecule has 0 spiro atoms. The van der Waals surface area contributed by atoms with Crippen LogP contribution in [0.4, 0.5) is 0 Å². The topological polar surface area (TPSA) is 48.0 Å². The van der Waals surface area contributed by atoms with Crippen LogP contribution in [0.25, 0.3) is 11.3 Å². The van der Waals surface area contributed by atoms with Gasteiger partial charge in [0.25, 0.3) is 0 Å². The van der Waals surface area contributed by atoms with E-state index in [9.17, 15) is 4.79 Å². The molecule has 0 atom stereocenters. The van der Waals surface area contributed by atoms with Crippen LogP contribution in [-0.4, -0.2) is 16.1 Å². The third kappa shape index (κ3) is 1.16. The number of aryl methyl sites for hydroxylation is 1. The quantitative estimate of drug-likeness (QED) is 0.651. The second-order valence-electron chi connectivity index (χ2n) is 2.70. The van der Waals surface area contributed by atoms with E-state index < -0.39 is 0 Å². The molecule has 4 nitrogen and oxygen atoms in total. The van der Waals surface area contributed by atoms with Crippen LogP contribution in [0.1, 0.15) is 10.4 Å². The summed E-state index contributed by atoms with van der Waals surface area (Å²) in [6.45, 7) is 0. The maximum absolute atomic E-state index is 10.7. The van der Waals surface area contributed by atoms with Crippen LogP contribution in [0.3, 0.4) is 0 Å². The first kappa shape index (κ1) is 7.79. The Bertz CT molecular complexity index is 415. The molecule has 0 bridgehead atoms. The number of aromatic nitrogens is 2. The van der Waals surface area contributed by atoms with Crippen LogP contribution in [0, 0.1) is 0 Å². The predicted molar refractivity (Wildman–Crippen MR) is 46.3 cm³/mol. The van der Waals surface area contributed by atoms with Crippen LogP contribution in [0.15, 0.2) is 29.2 Å². The van der Waals surface area contributed by atoms with Crippen LogP contribution in [0.5, 0.6) is 0 Å². The lowest BCUT2D eigenvalue weighted by Crippen LogP contribution is -1.93. The highest BCUT2D eigenvalue weighted by atomic mass is 16.3. The average Bonchev–Trinajstić information content (AvgIpc) is 2.72. The van der Waals surface area contributed by atoms with E-state index in [0.717, 1.165) is 17.5 Å². The highest BCUT2D eigenvalue weighted by Crippen LogP contribution is 2.21. The van der Waals surface area contributed by atoms with Gasteiger partial charge in [0.2, 0.25) is 0 Å². The number of nitrogens with zero attached hydrogens (tertiary/aromatic N) is 2. The monoisotopic (exact) mass is 176 g/mol. The third-order valence-corrected chi connectivity index (χ3v) is 1.89. The lowest BCUT2D eigenvalue weighted by atomic mass is 10.2. The van der Waals surface area contributed by atoms with Gasteiger partial charge in [0.1, 0.15) is 0 Å². The molecule has 0 unspecified atom stereocenters. The van der Waals surface area contributed by atoms with Gasteiger partial charge in [-0.2, -0.15) is 5.10 Å². The Morgan fingerprint density at radius 1 is 1.62 bits per heavy atom. The molecule has 0 aliphatic heterocycles. The van der Waals surface area contributed by atoms with E-state index in [4.69, 9.17) is 4.42 Å². The van der Waals surface area contributed by atoms with Crippen molar-refractivity contribution < 1.29 is 9.21 Å². The maximum atomic E-state index is 10.7. The van der Waals surface area contributed by atoms with Crippen LogP contribution in [0.2, 0.25) is 0 Å².